The van der Waals surface area contributed by atoms with E-state index in [0.29, 0.717) is 0 Å². The highest BCUT2D eigenvalue weighted by molar-refractivity contribution is 7.80. The van der Waals surface area contributed by atoms with E-state index in [-0.39, 0.29) is 44.3 Å². The Morgan fingerprint density at radius 3 is 2.08 bits per heavy atom. The van der Waals surface area contributed by atoms with Crippen LogP contribution < -0.4 is 14.4 Å². The Bertz CT molecular complexity index is 697. The van der Waals surface area contributed by atoms with Crippen LogP contribution in [0.3, 0.4) is 0 Å². The summed E-state index contributed by atoms with van der Waals surface area (Å²) in [4.78, 5) is 25.3. The molecule has 0 atom stereocenters. The average Bonchev–Trinajstić information content (AvgIpc) is 2.59. The summed E-state index contributed by atoms with van der Waals surface area (Å²) in [5.41, 5.74) is 0. The number of methoxy groups -OCH3 is 2. The molecule has 2 rings (SSSR count). The number of urea groups is 1. The van der Waals surface area contributed by atoms with Gasteiger partial charge in [0.15, 0.2) is 0 Å². The van der Waals surface area contributed by atoms with Crippen molar-refractivity contribution < 1.29 is 35.9 Å². The lowest BCUT2D eigenvalue weighted by Gasteiger charge is -2.35. The highest BCUT2D eigenvalue weighted by Gasteiger charge is 2.52. The number of carbonyl (C=O) groups excluding carboxylic acids is 1. The summed E-state index contributed by atoms with van der Waals surface area (Å²) in [7, 11) is -0.835. The molecule has 1 fully saturated rings. The van der Waals surface area contributed by atoms with Crippen LogP contribution in [0.5, 0.6) is 12.0 Å². The Balaban J connectivity index is 2.44. The van der Waals surface area contributed by atoms with Gasteiger partial charge in [-0.1, -0.05) is 0 Å². The van der Waals surface area contributed by atoms with E-state index in [4.69, 9.17) is 14.2 Å². The highest BCUT2D eigenvalue weighted by atomic mass is 32.2. The molecule has 24 heavy (non-hydrogen) atoms. The van der Waals surface area contributed by atoms with E-state index in [1.54, 1.807) is 0 Å². The predicted octanol–water partition coefficient (Wildman–Crippen LogP) is -0.905. The fourth-order valence-electron chi connectivity index (χ4n) is 2.18. The van der Waals surface area contributed by atoms with Crippen molar-refractivity contribution in [1.29, 1.82) is 0 Å². The van der Waals surface area contributed by atoms with E-state index in [1.165, 1.54) is 21.3 Å². The second-order valence-corrected chi connectivity index (χ2v) is 6.44. The fraction of sp³-hybridized carbons (Fsp3) is 0.636. The van der Waals surface area contributed by atoms with Crippen LogP contribution in [-0.2, 0) is 15.0 Å². The minimum atomic E-state index is -4.74. The van der Waals surface area contributed by atoms with Gasteiger partial charge in [0, 0.05) is 7.05 Å². The maximum atomic E-state index is 12.8. The lowest BCUT2D eigenvalue weighted by atomic mass is 10.4. The smallest absolute Gasteiger partial charge is 0.443 e. The molecule has 1 aliphatic rings. The van der Waals surface area contributed by atoms with Crippen molar-refractivity contribution in [3.05, 3.63) is 0 Å². The molecule has 0 radical (unpaired) electrons. The van der Waals surface area contributed by atoms with Gasteiger partial charge in [-0.25, -0.2) is 14.2 Å². The molecule has 0 aromatic carbocycles. The van der Waals surface area contributed by atoms with Crippen molar-refractivity contribution in [1.82, 2.24) is 15.0 Å². The van der Waals surface area contributed by atoms with Gasteiger partial charge in [-0.2, -0.15) is 9.97 Å². The Labute approximate surface area is 138 Å². The van der Waals surface area contributed by atoms with Crippen LogP contribution in [-0.4, -0.2) is 85.4 Å². The topological polar surface area (TPSA) is 141 Å². The van der Waals surface area contributed by atoms with Crippen molar-refractivity contribution in [2.24, 2.45) is 0 Å². The molecule has 0 unspecified atom stereocenters. The summed E-state index contributed by atoms with van der Waals surface area (Å²) in [6.45, 7) is -0.463. The minimum absolute atomic E-state index is 0.00319. The Morgan fingerprint density at radius 1 is 1.17 bits per heavy atom. The molecular formula is C11H18N5O7S+. The number of nitrogens with zero attached hydrogens (tertiary/aromatic N) is 5. The molecule has 1 saturated heterocycles. The van der Waals surface area contributed by atoms with Crippen molar-refractivity contribution in [2.45, 2.75) is 0 Å². The van der Waals surface area contributed by atoms with Gasteiger partial charge >= 0.3 is 28.4 Å². The number of rotatable bonds is 4. The quantitative estimate of drug-likeness (QED) is 0.527. The summed E-state index contributed by atoms with van der Waals surface area (Å²) in [6.07, 6.45) is 0. The van der Waals surface area contributed by atoms with E-state index in [2.05, 4.69) is 15.0 Å². The van der Waals surface area contributed by atoms with Gasteiger partial charge in [0.1, 0.15) is 13.1 Å². The van der Waals surface area contributed by atoms with Gasteiger partial charge in [-0.15, -0.1) is 17.3 Å². The Hall–Kier alpha value is -2.09. The largest absolute Gasteiger partial charge is 0.467 e. The van der Waals surface area contributed by atoms with E-state index < -0.39 is 20.2 Å². The van der Waals surface area contributed by atoms with Gasteiger partial charge in [-0.3, -0.25) is 0 Å². The number of morpholine rings is 1. The third-order valence-electron chi connectivity index (χ3n) is 3.52. The molecule has 1 N–H and O–H groups in total. The minimum Gasteiger partial charge on any atom is -0.467 e. The second kappa shape index (κ2) is 6.80. The lowest BCUT2D eigenvalue weighted by molar-refractivity contribution is -0.737. The van der Waals surface area contributed by atoms with E-state index in [0.717, 1.165) is 4.90 Å². The van der Waals surface area contributed by atoms with Crippen molar-refractivity contribution >= 4 is 22.3 Å². The molecule has 0 bridgehead atoms. The Kier molecular flexibility index (Phi) is 5.17. The van der Waals surface area contributed by atoms with Crippen LogP contribution >= 0.6 is 0 Å². The SMILES string of the molecule is COc1nc(OC)nc(N(C)C(=O)[N+]2(S(=O)(=O)O)CCOCC2)n1. The van der Waals surface area contributed by atoms with Crippen molar-refractivity contribution in [3.8, 4) is 12.0 Å². The number of anilines is 1. The summed E-state index contributed by atoms with van der Waals surface area (Å²) < 4.78 is 47.0. The molecule has 2 heterocycles. The maximum Gasteiger partial charge on any atom is 0.443 e. The number of amides is 2. The summed E-state index contributed by atoms with van der Waals surface area (Å²) in [5, 5.41) is 0. The molecule has 1 aromatic heterocycles. The second-order valence-electron chi connectivity index (χ2n) is 4.85. The summed E-state index contributed by atoms with van der Waals surface area (Å²) >= 11 is 0. The molecule has 134 valence electrons. The van der Waals surface area contributed by atoms with Crippen LogP contribution in [0.4, 0.5) is 10.7 Å². The zero-order valence-corrected chi connectivity index (χ0v) is 14.2. The first kappa shape index (κ1) is 18.3. The third-order valence-corrected chi connectivity index (χ3v) is 4.92. The number of aromatic nitrogens is 3. The van der Waals surface area contributed by atoms with Crippen molar-refractivity contribution in [3.63, 3.8) is 0 Å². The number of hydrogen-bond acceptors (Lipinski definition) is 9. The van der Waals surface area contributed by atoms with Crippen LogP contribution in [0.1, 0.15) is 0 Å². The zero-order valence-electron chi connectivity index (χ0n) is 13.4. The number of carbonyl (C=O) groups is 1. The lowest BCUT2D eigenvalue weighted by Crippen LogP contribution is -2.65. The molecule has 2 amide bonds. The first-order valence-electron chi connectivity index (χ1n) is 6.80. The number of quaternary nitrogens is 1. The first-order chi connectivity index (χ1) is 11.2. The van der Waals surface area contributed by atoms with E-state index in [9.17, 15) is 17.8 Å². The van der Waals surface area contributed by atoms with Gasteiger partial charge in [0.05, 0.1) is 27.4 Å². The number of ether oxygens (including phenoxy) is 3. The third kappa shape index (κ3) is 3.24. The van der Waals surface area contributed by atoms with Crippen LogP contribution in [0.2, 0.25) is 0 Å². The zero-order chi connectivity index (χ0) is 18.0. The molecule has 0 aliphatic carbocycles. The predicted molar refractivity (Wildman–Crippen MR) is 79.1 cm³/mol. The molecule has 12 nitrogen and oxygen atoms in total. The molecule has 0 spiro atoms. The van der Waals surface area contributed by atoms with Crippen LogP contribution in [0.25, 0.3) is 0 Å². The summed E-state index contributed by atoms with van der Waals surface area (Å²) in [5.74, 6) is -0.184. The maximum absolute atomic E-state index is 12.8. The van der Waals surface area contributed by atoms with Gasteiger partial charge in [0.2, 0.25) is 5.95 Å². The van der Waals surface area contributed by atoms with E-state index in [1.807, 2.05) is 0 Å². The Morgan fingerprint density at radius 2 is 1.67 bits per heavy atom. The average molecular weight is 364 g/mol. The first-order valence-corrected chi connectivity index (χ1v) is 8.19. The normalized spacial score (nSPS) is 17.2. The standard InChI is InChI=1S/C11H17N5O7S/c1-15(8-12-9(21-2)14-10(13-8)22-3)11(17)16(24(18,19)20)4-6-23-7-5-16/h4-7H2,1-3H3/p+1. The molecule has 0 saturated carbocycles. The van der Waals surface area contributed by atoms with Crippen molar-refractivity contribution in [2.75, 3.05) is 52.5 Å². The van der Waals surface area contributed by atoms with Crippen LogP contribution in [0.15, 0.2) is 0 Å². The van der Waals surface area contributed by atoms with Gasteiger partial charge in [0.25, 0.3) is 0 Å². The molecule has 1 aromatic rings. The fourth-order valence-corrected chi connectivity index (χ4v) is 3.11. The summed E-state index contributed by atoms with van der Waals surface area (Å²) in [6, 6.07) is -1.16. The van der Waals surface area contributed by atoms with Gasteiger partial charge in [-0.05, 0) is 0 Å². The van der Waals surface area contributed by atoms with Crippen LogP contribution in [0, 0.1) is 0 Å². The molecular weight excluding hydrogens is 346 g/mol. The van der Waals surface area contributed by atoms with E-state index >= 15 is 0 Å². The molecule has 1 aliphatic heterocycles. The highest BCUT2D eigenvalue weighted by Crippen LogP contribution is 2.24. The number of hydrogen-bond donors (Lipinski definition) is 1. The molecule has 13 heteroatoms. The van der Waals surface area contributed by atoms with Gasteiger partial charge < -0.3 is 14.2 Å². The monoisotopic (exact) mass is 364 g/mol.